The Balaban J connectivity index is 0.00000261. The van der Waals surface area contributed by atoms with E-state index in [0.29, 0.717) is 23.8 Å². The third kappa shape index (κ3) is 4.36. The molecule has 0 bridgehead atoms. The minimum absolute atomic E-state index is 0. The summed E-state index contributed by atoms with van der Waals surface area (Å²) < 4.78 is 6.61. The molecule has 1 fully saturated rings. The zero-order chi connectivity index (χ0) is 18.6. The zero-order valence-corrected chi connectivity index (χ0v) is 18.1. The van der Waals surface area contributed by atoms with Crippen LogP contribution in [0.4, 0.5) is 0 Å². The lowest BCUT2D eigenvalue weighted by atomic mass is 9.86. The fraction of sp³-hybridized carbons (Fsp3) is 0.409. The van der Waals surface area contributed by atoms with Gasteiger partial charge in [0.05, 0.1) is 20.1 Å². The number of halogens is 1. The van der Waals surface area contributed by atoms with Gasteiger partial charge in [0, 0.05) is 12.8 Å². The number of carbonyl (C=O) groups is 1. The van der Waals surface area contributed by atoms with Crippen LogP contribution in [0.25, 0.3) is 0 Å². The maximum atomic E-state index is 13.0. The number of likely N-dealkylation sites (N-methyl/N-ethyl adjacent to an activating group) is 1. The van der Waals surface area contributed by atoms with Crippen molar-refractivity contribution in [3.8, 4) is 0 Å². The molecule has 1 N–H and O–H groups in total. The molecular formula is C22H28INO3. The Labute approximate surface area is 178 Å². The minimum atomic E-state index is -1.79. The standard InChI is InChI=1S/C22H28NO3.HI/c1-3-23(2)16-10-15-20(23)17-26-21(24)22(25,18-11-6-4-7-12-18)19-13-8-5-9-14-19;/h4-9,11-14,20,25H,3,10,15-17H2,1-2H3;1H/q+1;/p-1. The first-order valence-corrected chi connectivity index (χ1v) is 9.35. The Morgan fingerprint density at radius 3 is 2.11 bits per heavy atom. The van der Waals surface area contributed by atoms with Crippen molar-refractivity contribution in [1.29, 1.82) is 0 Å². The number of hydrogen-bond acceptors (Lipinski definition) is 3. The molecule has 2 unspecified atom stereocenters. The van der Waals surface area contributed by atoms with Gasteiger partial charge in [-0.25, -0.2) is 4.79 Å². The van der Waals surface area contributed by atoms with Gasteiger partial charge in [-0.05, 0) is 18.1 Å². The fourth-order valence-corrected chi connectivity index (χ4v) is 3.90. The SMILES string of the molecule is CC[N+]1(C)CCCC1COC(=O)C(O)(c1ccccc1)c1ccccc1.[I-]. The highest BCUT2D eigenvalue weighted by Gasteiger charge is 2.43. The Bertz CT molecular complexity index is 698. The quantitative estimate of drug-likeness (QED) is 0.362. The summed E-state index contributed by atoms with van der Waals surface area (Å²) in [5, 5.41) is 11.4. The Morgan fingerprint density at radius 1 is 1.11 bits per heavy atom. The van der Waals surface area contributed by atoms with Crippen molar-refractivity contribution in [2.45, 2.75) is 31.4 Å². The highest BCUT2D eigenvalue weighted by Crippen LogP contribution is 2.32. The molecule has 2 atom stereocenters. The molecule has 1 aliphatic heterocycles. The third-order valence-corrected chi connectivity index (χ3v) is 5.90. The van der Waals surface area contributed by atoms with Gasteiger partial charge in [-0.3, -0.25) is 0 Å². The third-order valence-electron chi connectivity index (χ3n) is 5.90. The molecule has 2 aromatic rings. The molecule has 0 saturated carbocycles. The molecular weight excluding hydrogens is 453 g/mol. The van der Waals surface area contributed by atoms with Crippen molar-refractivity contribution in [3.05, 3.63) is 71.8 Å². The van der Waals surface area contributed by atoms with E-state index in [0.717, 1.165) is 30.4 Å². The van der Waals surface area contributed by atoms with Crippen molar-refractivity contribution in [3.63, 3.8) is 0 Å². The van der Waals surface area contributed by atoms with Crippen LogP contribution >= 0.6 is 0 Å². The van der Waals surface area contributed by atoms with E-state index in [4.69, 9.17) is 4.74 Å². The van der Waals surface area contributed by atoms with Gasteiger partial charge in [-0.1, -0.05) is 60.7 Å². The van der Waals surface area contributed by atoms with Gasteiger partial charge in [0.25, 0.3) is 0 Å². The molecule has 3 rings (SSSR count). The molecule has 1 aliphatic rings. The number of hydrogen-bond donors (Lipinski definition) is 1. The number of rotatable bonds is 6. The molecule has 0 radical (unpaired) electrons. The van der Waals surface area contributed by atoms with E-state index in [9.17, 15) is 9.90 Å². The predicted octanol–water partition coefficient (Wildman–Crippen LogP) is 0.0986. The lowest BCUT2D eigenvalue weighted by molar-refractivity contribution is -0.919. The van der Waals surface area contributed by atoms with Crippen molar-refractivity contribution < 1.29 is 43.1 Å². The summed E-state index contributed by atoms with van der Waals surface area (Å²) in [5.74, 6) is -0.607. The molecule has 146 valence electrons. The summed E-state index contributed by atoms with van der Waals surface area (Å²) in [7, 11) is 2.21. The van der Waals surface area contributed by atoms with Crippen LogP contribution in [0.15, 0.2) is 60.7 Å². The maximum Gasteiger partial charge on any atom is 0.347 e. The number of quaternary nitrogens is 1. The van der Waals surface area contributed by atoms with Crippen LogP contribution in [0.5, 0.6) is 0 Å². The van der Waals surface area contributed by atoms with Gasteiger partial charge < -0.3 is 38.3 Å². The van der Waals surface area contributed by atoms with E-state index in [-0.39, 0.29) is 24.0 Å². The number of ether oxygens (including phenoxy) is 1. The lowest BCUT2D eigenvalue weighted by Crippen LogP contribution is -3.00. The van der Waals surface area contributed by atoms with Crippen LogP contribution in [-0.4, -0.2) is 48.3 Å². The average molecular weight is 481 g/mol. The molecule has 4 nitrogen and oxygen atoms in total. The average Bonchev–Trinajstić information content (AvgIpc) is 3.08. The second kappa shape index (κ2) is 9.17. The first kappa shape index (κ1) is 21.9. The van der Waals surface area contributed by atoms with E-state index < -0.39 is 11.6 Å². The number of nitrogens with zero attached hydrogens (tertiary/aromatic N) is 1. The van der Waals surface area contributed by atoms with Crippen molar-refractivity contribution in [1.82, 2.24) is 0 Å². The molecule has 0 spiro atoms. The van der Waals surface area contributed by atoms with Crippen LogP contribution in [-0.2, 0) is 15.1 Å². The minimum Gasteiger partial charge on any atom is -1.00 e. The summed E-state index contributed by atoms with van der Waals surface area (Å²) >= 11 is 0. The van der Waals surface area contributed by atoms with E-state index in [1.54, 1.807) is 24.3 Å². The van der Waals surface area contributed by atoms with Gasteiger partial charge in [0.15, 0.2) is 0 Å². The fourth-order valence-electron chi connectivity index (χ4n) is 3.90. The van der Waals surface area contributed by atoms with Gasteiger partial charge in [0.2, 0.25) is 5.60 Å². The Morgan fingerprint density at radius 2 is 1.63 bits per heavy atom. The van der Waals surface area contributed by atoms with Crippen LogP contribution in [0, 0.1) is 0 Å². The number of aliphatic hydroxyl groups is 1. The van der Waals surface area contributed by atoms with Crippen LogP contribution < -0.4 is 24.0 Å². The predicted molar refractivity (Wildman–Crippen MR) is 101 cm³/mol. The summed E-state index contributed by atoms with van der Waals surface area (Å²) in [6.07, 6.45) is 2.20. The van der Waals surface area contributed by atoms with E-state index in [1.165, 1.54) is 0 Å². The summed E-state index contributed by atoms with van der Waals surface area (Å²) in [6, 6.07) is 18.3. The maximum absolute atomic E-state index is 13.0. The first-order valence-electron chi connectivity index (χ1n) is 9.35. The monoisotopic (exact) mass is 481 g/mol. The lowest BCUT2D eigenvalue weighted by Gasteiger charge is -2.35. The number of benzene rings is 2. The summed E-state index contributed by atoms with van der Waals surface area (Å²) in [5.41, 5.74) is -0.748. The van der Waals surface area contributed by atoms with Crippen molar-refractivity contribution in [2.24, 2.45) is 0 Å². The number of esters is 1. The summed E-state index contributed by atoms with van der Waals surface area (Å²) in [4.78, 5) is 13.0. The molecule has 0 amide bonds. The summed E-state index contributed by atoms with van der Waals surface area (Å²) in [6.45, 7) is 4.64. The molecule has 1 saturated heterocycles. The molecule has 1 heterocycles. The first-order chi connectivity index (χ1) is 12.5. The van der Waals surface area contributed by atoms with Crippen LogP contribution in [0.3, 0.4) is 0 Å². The van der Waals surface area contributed by atoms with Gasteiger partial charge >= 0.3 is 5.97 Å². The van der Waals surface area contributed by atoms with Crippen LogP contribution in [0.1, 0.15) is 30.9 Å². The highest BCUT2D eigenvalue weighted by atomic mass is 127. The van der Waals surface area contributed by atoms with Gasteiger partial charge in [0.1, 0.15) is 12.6 Å². The smallest absolute Gasteiger partial charge is 0.347 e. The van der Waals surface area contributed by atoms with E-state index in [2.05, 4.69) is 14.0 Å². The van der Waals surface area contributed by atoms with E-state index in [1.807, 2.05) is 36.4 Å². The number of carbonyl (C=O) groups excluding carboxylic acids is 1. The molecule has 0 aliphatic carbocycles. The second-order valence-corrected chi connectivity index (χ2v) is 7.36. The molecule has 27 heavy (non-hydrogen) atoms. The number of likely N-dealkylation sites (tertiary alicyclic amines) is 1. The molecule has 0 aromatic heterocycles. The zero-order valence-electron chi connectivity index (χ0n) is 16.0. The van der Waals surface area contributed by atoms with E-state index >= 15 is 0 Å². The van der Waals surface area contributed by atoms with Crippen molar-refractivity contribution >= 4 is 5.97 Å². The topological polar surface area (TPSA) is 46.5 Å². The Hall–Kier alpha value is -1.44. The second-order valence-electron chi connectivity index (χ2n) is 7.36. The Kier molecular flexibility index (Phi) is 7.42. The van der Waals surface area contributed by atoms with Gasteiger partial charge in [-0.15, -0.1) is 0 Å². The highest BCUT2D eigenvalue weighted by molar-refractivity contribution is 5.85. The normalized spacial score (nSPS) is 22.1. The molecule has 5 heteroatoms. The van der Waals surface area contributed by atoms with Crippen molar-refractivity contribution in [2.75, 3.05) is 26.7 Å². The van der Waals surface area contributed by atoms with Crippen LogP contribution in [0.2, 0.25) is 0 Å². The molecule has 2 aromatic carbocycles. The van der Waals surface area contributed by atoms with Gasteiger partial charge in [-0.2, -0.15) is 0 Å². The largest absolute Gasteiger partial charge is 1.00 e.